The van der Waals surface area contributed by atoms with E-state index in [4.69, 9.17) is 4.74 Å². The lowest BCUT2D eigenvalue weighted by Gasteiger charge is -2.29. The summed E-state index contributed by atoms with van der Waals surface area (Å²) in [6.45, 7) is 9.88. The summed E-state index contributed by atoms with van der Waals surface area (Å²) in [4.78, 5) is 0. The number of rotatable bonds is 3. The minimum absolute atomic E-state index is 0.0304. The van der Waals surface area contributed by atoms with Crippen LogP contribution in [0.1, 0.15) is 45.7 Å². The van der Waals surface area contributed by atoms with E-state index in [0.717, 1.165) is 5.56 Å². The van der Waals surface area contributed by atoms with Gasteiger partial charge < -0.3 is 14.9 Å². The summed E-state index contributed by atoms with van der Waals surface area (Å²) in [7, 11) is 1.61. The van der Waals surface area contributed by atoms with E-state index >= 15 is 0 Å². The smallest absolute Gasteiger partial charge is 0.123 e. The lowest BCUT2D eigenvalue weighted by atomic mass is 9.79. The Morgan fingerprint density at radius 1 is 1.06 bits per heavy atom. The number of phenols is 1. The van der Waals surface area contributed by atoms with Crippen molar-refractivity contribution in [2.45, 2.75) is 45.4 Å². The van der Waals surface area contributed by atoms with Crippen LogP contribution in [0.3, 0.4) is 0 Å². The average Bonchev–Trinajstić information content (AvgIpc) is 2.27. The summed E-state index contributed by atoms with van der Waals surface area (Å²) in [6, 6.07) is 3.65. The van der Waals surface area contributed by atoms with Crippen molar-refractivity contribution in [1.29, 1.82) is 0 Å². The molecule has 0 aliphatic rings. The molecule has 0 bridgehead atoms. The topological polar surface area (TPSA) is 49.7 Å². The third kappa shape index (κ3) is 2.78. The number of hydrogen-bond donors (Lipinski definition) is 2. The summed E-state index contributed by atoms with van der Waals surface area (Å²) in [5, 5.41) is 19.9. The molecule has 0 aliphatic carbocycles. The summed E-state index contributed by atoms with van der Waals surface area (Å²) < 4.78 is 5.29. The van der Waals surface area contributed by atoms with Crippen molar-refractivity contribution >= 4 is 0 Å². The van der Waals surface area contributed by atoms with Gasteiger partial charge in [-0.3, -0.25) is 0 Å². The van der Waals surface area contributed by atoms with Crippen LogP contribution in [0.25, 0.3) is 0 Å². The third-order valence-corrected chi connectivity index (χ3v) is 3.25. The molecule has 2 N–H and O–H groups in total. The average molecular weight is 252 g/mol. The molecular formula is C15H24O3. The van der Waals surface area contributed by atoms with Gasteiger partial charge in [-0.1, -0.05) is 34.6 Å². The maximum atomic E-state index is 10.4. The Labute approximate surface area is 109 Å². The monoisotopic (exact) mass is 252 g/mol. The van der Waals surface area contributed by atoms with E-state index in [1.54, 1.807) is 13.2 Å². The molecule has 0 atom stereocenters. The van der Waals surface area contributed by atoms with Crippen molar-refractivity contribution in [1.82, 2.24) is 0 Å². The lowest BCUT2D eigenvalue weighted by Crippen LogP contribution is -2.24. The first kappa shape index (κ1) is 14.8. The number of aromatic hydroxyl groups is 1. The van der Waals surface area contributed by atoms with Crippen LogP contribution < -0.4 is 4.74 Å². The molecule has 1 aromatic carbocycles. The van der Waals surface area contributed by atoms with Crippen LogP contribution in [0.2, 0.25) is 0 Å². The quantitative estimate of drug-likeness (QED) is 0.869. The third-order valence-electron chi connectivity index (χ3n) is 3.25. The zero-order valence-electron chi connectivity index (χ0n) is 12.2. The molecule has 0 fully saturated rings. The first-order chi connectivity index (χ1) is 8.13. The highest BCUT2D eigenvalue weighted by Crippen LogP contribution is 2.41. The van der Waals surface area contributed by atoms with Crippen molar-refractivity contribution < 1.29 is 14.9 Å². The Hall–Kier alpha value is -1.22. The molecule has 0 radical (unpaired) electrons. The fourth-order valence-electron chi connectivity index (χ4n) is 1.90. The van der Waals surface area contributed by atoms with Gasteiger partial charge in [-0.2, -0.15) is 0 Å². The number of aliphatic hydroxyl groups excluding tert-OH is 1. The van der Waals surface area contributed by atoms with Gasteiger partial charge in [0.25, 0.3) is 0 Å². The molecule has 0 saturated carbocycles. The second-order valence-electron chi connectivity index (χ2n) is 6.36. The second kappa shape index (κ2) is 4.81. The Balaban J connectivity index is 3.54. The van der Waals surface area contributed by atoms with Gasteiger partial charge in [0.1, 0.15) is 11.5 Å². The SMILES string of the molecule is COc1cc(C(C)(C)C)c(O)c(C(C)(C)CO)c1. The second-order valence-corrected chi connectivity index (χ2v) is 6.36. The highest BCUT2D eigenvalue weighted by Gasteiger charge is 2.29. The van der Waals surface area contributed by atoms with E-state index in [-0.39, 0.29) is 17.8 Å². The van der Waals surface area contributed by atoms with Crippen molar-refractivity contribution in [2.75, 3.05) is 13.7 Å². The number of ether oxygens (including phenoxy) is 1. The van der Waals surface area contributed by atoms with Gasteiger partial charge in [0.05, 0.1) is 13.7 Å². The lowest BCUT2D eigenvalue weighted by molar-refractivity contribution is 0.214. The van der Waals surface area contributed by atoms with E-state index in [1.807, 2.05) is 40.7 Å². The zero-order chi connectivity index (χ0) is 14.1. The molecule has 3 heteroatoms. The highest BCUT2D eigenvalue weighted by atomic mass is 16.5. The summed E-state index contributed by atoms with van der Waals surface area (Å²) in [5.74, 6) is 0.955. The summed E-state index contributed by atoms with van der Waals surface area (Å²) in [5.41, 5.74) is 0.866. The normalized spacial score (nSPS) is 12.6. The van der Waals surface area contributed by atoms with Gasteiger partial charge in [-0.15, -0.1) is 0 Å². The fraction of sp³-hybridized carbons (Fsp3) is 0.600. The van der Waals surface area contributed by atoms with Crippen LogP contribution in [-0.2, 0) is 10.8 Å². The number of hydrogen-bond acceptors (Lipinski definition) is 3. The minimum Gasteiger partial charge on any atom is -0.507 e. The molecule has 0 aromatic heterocycles. The molecule has 3 nitrogen and oxygen atoms in total. The molecule has 102 valence electrons. The van der Waals surface area contributed by atoms with Crippen LogP contribution in [0, 0.1) is 0 Å². The largest absolute Gasteiger partial charge is 0.507 e. The zero-order valence-corrected chi connectivity index (χ0v) is 12.2. The molecule has 0 heterocycles. The number of benzene rings is 1. The fourth-order valence-corrected chi connectivity index (χ4v) is 1.90. The Bertz CT molecular complexity index is 428. The van der Waals surface area contributed by atoms with Gasteiger partial charge in [-0.25, -0.2) is 0 Å². The molecule has 0 unspecified atom stereocenters. The van der Waals surface area contributed by atoms with Gasteiger partial charge in [0.15, 0.2) is 0 Å². The molecule has 1 aromatic rings. The van der Waals surface area contributed by atoms with Crippen LogP contribution in [0.5, 0.6) is 11.5 Å². The van der Waals surface area contributed by atoms with Gasteiger partial charge in [0.2, 0.25) is 0 Å². The van der Waals surface area contributed by atoms with Crippen LogP contribution in [0.15, 0.2) is 12.1 Å². The van der Waals surface area contributed by atoms with Crippen LogP contribution >= 0.6 is 0 Å². The van der Waals surface area contributed by atoms with Crippen molar-refractivity contribution in [3.05, 3.63) is 23.3 Å². The van der Waals surface area contributed by atoms with Crippen molar-refractivity contribution in [3.8, 4) is 11.5 Å². The van der Waals surface area contributed by atoms with Gasteiger partial charge in [-0.05, 0) is 17.5 Å². The first-order valence-electron chi connectivity index (χ1n) is 6.16. The predicted octanol–water partition coefficient (Wildman–Crippen LogP) is 2.97. The Morgan fingerprint density at radius 2 is 1.56 bits per heavy atom. The molecule has 0 saturated heterocycles. The molecule has 0 aliphatic heterocycles. The van der Waals surface area contributed by atoms with Gasteiger partial charge >= 0.3 is 0 Å². The van der Waals surface area contributed by atoms with E-state index in [1.165, 1.54) is 0 Å². The summed E-state index contributed by atoms with van der Waals surface area (Å²) >= 11 is 0. The molecular weight excluding hydrogens is 228 g/mol. The predicted molar refractivity (Wildman–Crippen MR) is 73.5 cm³/mol. The van der Waals surface area contributed by atoms with E-state index in [0.29, 0.717) is 11.3 Å². The molecule has 0 spiro atoms. The van der Waals surface area contributed by atoms with Crippen molar-refractivity contribution in [3.63, 3.8) is 0 Å². The van der Waals surface area contributed by atoms with E-state index in [2.05, 4.69) is 0 Å². The van der Waals surface area contributed by atoms with Crippen molar-refractivity contribution in [2.24, 2.45) is 0 Å². The Morgan fingerprint density at radius 3 is 1.94 bits per heavy atom. The minimum atomic E-state index is -0.501. The number of methoxy groups -OCH3 is 1. The van der Waals surface area contributed by atoms with E-state index in [9.17, 15) is 10.2 Å². The number of phenolic OH excluding ortho intramolecular Hbond substituents is 1. The maximum absolute atomic E-state index is 10.4. The van der Waals surface area contributed by atoms with Crippen LogP contribution in [-0.4, -0.2) is 23.9 Å². The van der Waals surface area contributed by atoms with E-state index < -0.39 is 5.41 Å². The molecule has 18 heavy (non-hydrogen) atoms. The number of aliphatic hydroxyl groups is 1. The van der Waals surface area contributed by atoms with Crippen LogP contribution in [0.4, 0.5) is 0 Å². The van der Waals surface area contributed by atoms with Gasteiger partial charge in [0, 0.05) is 16.5 Å². The molecule has 1 rings (SSSR count). The standard InChI is InChI=1S/C15H24O3/c1-14(2,3)11-7-10(18-6)8-12(13(11)17)15(4,5)9-16/h7-8,16-17H,9H2,1-6H3. The Kier molecular flexibility index (Phi) is 3.96. The maximum Gasteiger partial charge on any atom is 0.123 e. The summed E-state index contributed by atoms with van der Waals surface area (Å²) in [6.07, 6.45) is 0. The molecule has 0 amide bonds. The first-order valence-corrected chi connectivity index (χ1v) is 6.16. The highest BCUT2D eigenvalue weighted by molar-refractivity contribution is 5.52.